The third kappa shape index (κ3) is 2.38. The van der Waals surface area contributed by atoms with Crippen molar-refractivity contribution in [3.8, 4) is 5.75 Å². The number of nitrogens with two attached hydrogens (primary N) is 1. The molecule has 0 aliphatic carbocycles. The van der Waals surface area contributed by atoms with E-state index >= 15 is 0 Å². The lowest BCUT2D eigenvalue weighted by Gasteiger charge is -2.16. The number of nitrogens with zero attached hydrogens (tertiary/aromatic N) is 2. The number of rotatable bonds is 3. The third-order valence-electron chi connectivity index (χ3n) is 3.12. The van der Waals surface area contributed by atoms with Gasteiger partial charge >= 0.3 is 0 Å². The normalized spacial score (nSPS) is 10.8. The molecule has 0 bridgehead atoms. The van der Waals surface area contributed by atoms with E-state index in [1.165, 1.54) is 0 Å². The molecule has 2 aromatic carbocycles. The van der Waals surface area contributed by atoms with Gasteiger partial charge in [-0.25, -0.2) is 4.98 Å². The average molecular weight is 269 g/mol. The van der Waals surface area contributed by atoms with Crippen LogP contribution in [0.4, 0.5) is 11.4 Å². The average Bonchev–Trinajstić information content (AvgIpc) is 2.80. The summed E-state index contributed by atoms with van der Waals surface area (Å²) in [7, 11) is 1.94. The molecule has 0 unspecified atom stereocenters. The van der Waals surface area contributed by atoms with E-state index in [2.05, 4.69) is 4.98 Å². The predicted octanol–water partition coefficient (Wildman–Crippen LogP) is 2.75. The molecule has 0 atom stereocenters. The van der Waals surface area contributed by atoms with Crippen LogP contribution in [-0.2, 0) is 6.54 Å². The highest BCUT2D eigenvalue weighted by Crippen LogP contribution is 2.22. The molecule has 102 valence electrons. The van der Waals surface area contributed by atoms with Crippen LogP contribution in [0.25, 0.3) is 11.1 Å². The van der Waals surface area contributed by atoms with E-state index in [0.29, 0.717) is 23.7 Å². The minimum absolute atomic E-state index is 0.250. The van der Waals surface area contributed by atoms with Crippen LogP contribution in [0, 0.1) is 0 Å². The van der Waals surface area contributed by atoms with E-state index < -0.39 is 0 Å². The van der Waals surface area contributed by atoms with Crippen LogP contribution in [0.15, 0.2) is 46.9 Å². The maximum absolute atomic E-state index is 9.29. The summed E-state index contributed by atoms with van der Waals surface area (Å²) in [5, 5.41) is 9.29. The molecule has 0 fully saturated rings. The molecule has 3 rings (SSSR count). The fourth-order valence-electron chi connectivity index (χ4n) is 2.06. The Labute approximate surface area is 116 Å². The summed E-state index contributed by atoms with van der Waals surface area (Å²) in [6.07, 6.45) is 0. The monoisotopic (exact) mass is 269 g/mol. The molecule has 3 aromatic rings. The lowest BCUT2D eigenvalue weighted by Crippen LogP contribution is -2.16. The topological polar surface area (TPSA) is 75.5 Å². The summed E-state index contributed by atoms with van der Waals surface area (Å²) in [6, 6.07) is 12.4. The standard InChI is InChI=1S/C15H15N3O2/c1-18(11-3-5-12(19)6-4-11)9-15-17-13-7-2-10(16)8-14(13)20-15/h2-8,19H,9,16H2,1H3. The minimum Gasteiger partial charge on any atom is -0.508 e. The molecule has 5 heteroatoms. The van der Waals surface area contributed by atoms with Crippen molar-refractivity contribution in [1.82, 2.24) is 4.98 Å². The molecule has 0 amide bonds. The largest absolute Gasteiger partial charge is 0.508 e. The summed E-state index contributed by atoms with van der Waals surface area (Å²) in [4.78, 5) is 6.42. The van der Waals surface area contributed by atoms with Crippen molar-refractivity contribution in [3.63, 3.8) is 0 Å². The molecule has 1 aromatic heterocycles. The molecule has 20 heavy (non-hydrogen) atoms. The SMILES string of the molecule is CN(Cc1nc2ccc(N)cc2o1)c1ccc(O)cc1. The van der Waals surface area contributed by atoms with E-state index in [1.807, 2.05) is 30.1 Å². The number of nitrogen functional groups attached to an aromatic ring is 1. The highest BCUT2D eigenvalue weighted by Gasteiger charge is 2.09. The number of benzene rings is 2. The number of fused-ring (bicyclic) bond motifs is 1. The molecule has 0 aliphatic heterocycles. The zero-order valence-electron chi connectivity index (χ0n) is 11.1. The highest BCUT2D eigenvalue weighted by atomic mass is 16.3. The summed E-state index contributed by atoms with van der Waals surface area (Å²) in [5.41, 5.74) is 8.85. The molecular formula is C15H15N3O2. The van der Waals surface area contributed by atoms with Gasteiger partial charge in [0, 0.05) is 24.5 Å². The first-order chi connectivity index (χ1) is 9.61. The van der Waals surface area contributed by atoms with Crippen molar-refractivity contribution < 1.29 is 9.52 Å². The minimum atomic E-state index is 0.250. The maximum atomic E-state index is 9.29. The molecule has 5 nitrogen and oxygen atoms in total. The Bertz CT molecular complexity index is 734. The van der Waals surface area contributed by atoms with Gasteiger partial charge in [0.15, 0.2) is 5.58 Å². The van der Waals surface area contributed by atoms with E-state index in [1.54, 1.807) is 24.3 Å². The first-order valence-electron chi connectivity index (χ1n) is 6.27. The molecule has 3 N–H and O–H groups in total. The second kappa shape index (κ2) is 4.77. The zero-order chi connectivity index (χ0) is 14.1. The Morgan fingerprint density at radius 3 is 2.70 bits per heavy atom. The number of phenols is 1. The van der Waals surface area contributed by atoms with Gasteiger partial charge in [-0.2, -0.15) is 0 Å². The Balaban J connectivity index is 1.83. The maximum Gasteiger partial charge on any atom is 0.215 e. The molecule has 0 aliphatic rings. The molecular weight excluding hydrogens is 254 g/mol. The fourth-order valence-corrected chi connectivity index (χ4v) is 2.06. The third-order valence-corrected chi connectivity index (χ3v) is 3.12. The van der Waals surface area contributed by atoms with Gasteiger partial charge in [0.05, 0.1) is 6.54 Å². The van der Waals surface area contributed by atoms with Crippen molar-refractivity contribution in [3.05, 3.63) is 48.4 Å². The fraction of sp³-hybridized carbons (Fsp3) is 0.133. The second-order valence-corrected chi connectivity index (χ2v) is 4.71. The second-order valence-electron chi connectivity index (χ2n) is 4.71. The van der Waals surface area contributed by atoms with Crippen molar-refractivity contribution in [1.29, 1.82) is 0 Å². The van der Waals surface area contributed by atoms with E-state index in [0.717, 1.165) is 11.2 Å². The van der Waals surface area contributed by atoms with Gasteiger partial charge in [-0.3, -0.25) is 0 Å². The smallest absolute Gasteiger partial charge is 0.215 e. The summed E-state index contributed by atoms with van der Waals surface area (Å²) >= 11 is 0. The van der Waals surface area contributed by atoms with Crippen LogP contribution in [0.3, 0.4) is 0 Å². The van der Waals surface area contributed by atoms with Crippen LogP contribution in [-0.4, -0.2) is 17.1 Å². The van der Waals surface area contributed by atoms with Crippen molar-refractivity contribution in [2.24, 2.45) is 0 Å². The highest BCUT2D eigenvalue weighted by molar-refractivity contribution is 5.76. The molecule has 1 heterocycles. The van der Waals surface area contributed by atoms with Gasteiger partial charge in [-0.05, 0) is 36.4 Å². The molecule has 0 saturated heterocycles. The quantitative estimate of drug-likeness (QED) is 0.715. The van der Waals surface area contributed by atoms with Crippen molar-refractivity contribution >= 4 is 22.5 Å². The zero-order valence-corrected chi connectivity index (χ0v) is 11.1. The van der Waals surface area contributed by atoms with E-state index in [4.69, 9.17) is 10.2 Å². The number of hydrogen-bond donors (Lipinski definition) is 2. The summed E-state index contributed by atoms with van der Waals surface area (Å²) < 4.78 is 5.68. The van der Waals surface area contributed by atoms with Gasteiger partial charge in [-0.1, -0.05) is 0 Å². The van der Waals surface area contributed by atoms with Crippen LogP contribution in [0.1, 0.15) is 5.89 Å². The van der Waals surface area contributed by atoms with Crippen LogP contribution >= 0.6 is 0 Å². The first-order valence-corrected chi connectivity index (χ1v) is 6.27. The number of anilines is 2. The van der Waals surface area contributed by atoms with Gasteiger partial charge < -0.3 is 20.2 Å². The van der Waals surface area contributed by atoms with Crippen molar-refractivity contribution in [2.45, 2.75) is 6.54 Å². The number of aromatic hydroxyl groups is 1. The lowest BCUT2D eigenvalue weighted by molar-refractivity contribution is 0.475. The number of oxazole rings is 1. The Kier molecular flexibility index (Phi) is 2.95. The Morgan fingerprint density at radius 1 is 1.20 bits per heavy atom. The molecule has 0 saturated carbocycles. The number of aromatic nitrogens is 1. The van der Waals surface area contributed by atoms with Gasteiger partial charge in [0.25, 0.3) is 0 Å². The molecule has 0 radical (unpaired) electrons. The van der Waals surface area contributed by atoms with E-state index in [-0.39, 0.29) is 5.75 Å². The lowest BCUT2D eigenvalue weighted by atomic mass is 10.3. The van der Waals surface area contributed by atoms with Crippen molar-refractivity contribution in [2.75, 3.05) is 17.7 Å². The number of hydrogen-bond acceptors (Lipinski definition) is 5. The van der Waals surface area contributed by atoms with Crippen LogP contribution in [0.2, 0.25) is 0 Å². The summed E-state index contributed by atoms with van der Waals surface area (Å²) in [5.74, 6) is 0.876. The Hall–Kier alpha value is -2.69. The van der Waals surface area contributed by atoms with Gasteiger partial charge in [0.2, 0.25) is 5.89 Å². The number of phenolic OH excluding ortho intramolecular Hbond substituents is 1. The van der Waals surface area contributed by atoms with Crippen LogP contribution in [0.5, 0.6) is 5.75 Å². The van der Waals surface area contributed by atoms with Gasteiger partial charge in [-0.15, -0.1) is 0 Å². The first kappa shape index (κ1) is 12.3. The predicted molar refractivity (Wildman–Crippen MR) is 78.6 cm³/mol. The van der Waals surface area contributed by atoms with Gasteiger partial charge in [0.1, 0.15) is 11.3 Å². The van der Waals surface area contributed by atoms with Crippen LogP contribution < -0.4 is 10.6 Å². The summed E-state index contributed by atoms with van der Waals surface area (Å²) in [6.45, 7) is 0.541. The van der Waals surface area contributed by atoms with E-state index in [9.17, 15) is 5.11 Å². The Morgan fingerprint density at radius 2 is 1.95 bits per heavy atom. The molecule has 0 spiro atoms.